The second-order valence-electron chi connectivity index (χ2n) is 6.03. The van der Waals surface area contributed by atoms with Crippen molar-refractivity contribution >= 4 is 5.91 Å². The van der Waals surface area contributed by atoms with Gasteiger partial charge in [-0.25, -0.2) is 4.98 Å². The summed E-state index contributed by atoms with van der Waals surface area (Å²) in [6.45, 7) is 2.20. The lowest BCUT2D eigenvalue weighted by atomic mass is 10.1. The molecule has 1 amide bonds. The molecule has 3 heterocycles. The lowest BCUT2D eigenvalue weighted by Gasteiger charge is -2.34. The van der Waals surface area contributed by atoms with Gasteiger partial charge >= 0.3 is 6.18 Å². The second kappa shape index (κ2) is 6.67. The Morgan fingerprint density at radius 1 is 1.38 bits per heavy atom. The van der Waals surface area contributed by atoms with E-state index in [2.05, 4.69) is 15.2 Å². The molecule has 3 rings (SSSR count). The van der Waals surface area contributed by atoms with Crippen molar-refractivity contribution in [1.29, 1.82) is 0 Å². The van der Waals surface area contributed by atoms with Crippen molar-refractivity contribution in [2.75, 3.05) is 32.8 Å². The number of likely N-dealkylation sites (tertiary alicyclic amines) is 1. The van der Waals surface area contributed by atoms with E-state index in [1.807, 2.05) is 11.8 Å². The number of ether oxygens (including phenoxy) is 1. The Balaban J connectivity index is 1.63. The highest BCUT2D eigenvalue weighted by molar-refractivity contribution is 5.84. The third-order valence-corrected chi connectivity index (χ3v) is 4.35. The largest absolute Gasteiger partial charge is 0.406 e. The molecule has 1 N–H and O–H groups in total. The van der Waals surface area contributed by atoms with Gasteiger partial charge in [0.25, 0.3) is 0 Å². The molecule has 0 aromatic carbocycles. The highest BCUT2D eigenvalue weighted by atomic mass is 19.4. The lowest BCUT2D eigenvalue weighted by Crippen LogP contribution is -2.49. The van der Waals surface area contributed by atoms with Crippen molar-refractivity contribution in [3.8, 4) is 0 Å². The van der Waals surface area contributed by atoms with Gasteiger partial charge in [-0.1, -0.05) is 6.92 Å². The molecule has 2 aliphatic heterocycles. The third-order valence-electron chi connectivity index (χ3n) is 4.35. The summed E-state index contributed by atoms with van der Waals surface area (Å²) < 4.78 is 43.2. The van der Waals surface area contributed by atoms with Gasteiger partial charge in [-0.3, -0.25) is 14.8 Å². The number of rotatable bonds is 4. The van der Waals surface area contributed by atoms with Gasteiger partial charge in [-0.15, -0.1) is 0 Å². The number of hydrogen-bond acceptors (Lipinski definition) is 5. The summed E-state index contributed by atoms with van der Waals surface area (Å²) in [5, 5.41) is 6.94. The Bertz CT molecular complexity index is 591. The molecule has 0 spiro atoms. The van der Waals surface area contributed by atoms with Gasteiger partial charge in [0.1, 0.15) is 18.5 Å². The van der Waals surface area contributed by atoms with E-state index in [1.165, 1.54) is 0 Å². The van der Waals surface area contributed by atoms with Crippen molar-refractivity contribution in [2.24, 2.45) is 0 Å². The van der Waals surface area contributed by atoms with Crippen LogP contribution in [0.2, 0.25) is 0 Å². The molecule has 1 aromatic heterocycles. The predicted octanol–water partition coefficient (Wildman–Crippen LogP) is 0.904. The average molecular weight is 347 g/mol. The van der Waals surface area contributed by atoms with Crippen molar-refractivity contribution in [3.63, 3.8) is 0 Å². The fourth-order valence-corrected chi connectivity index (χ4v) is 3.16. The number of nitrogens with one attached hydrogen (secondary N) is 1. The van der Waals surface area contributed by atoms with Crippen LogP contribution in [0.5, 0.6) is 0 Å². The monoisotopic (exact) mass is 347 g/mol. The molecule has 0 saturated carbocycles. The first-order chi connectivity index (χ1) is 11.4. The van der Waals surface area contributed by atoms with Crippen LogP contribution in [-0.2, 0) is 16.0 Å². The zero-order valence-electron chi connectivity index (χ0n) is 13.3. The summed E-state index contributed by atoms with van der Waals surface area (Å²) in [7, 11) is 0. The summed E-state index contributed by atoms with van der Waals surface area (Å²) in [5.74, 6) is 0.811. The van der Waals surface area contributed by atoms with Crippen LogP contribution in [0.3, 0.4) is 0 Å². The molecular formula is C14H20F3N5O2. The summed E-state index contributed by atoms with van der Waals surface area (Å²) >= 11 is 0. The topological polar surface area (TPSA) is 74.3 Å². The number of morpholine rings is 1. The van der Waals surface area contributed by atoms with E-state index in [-0.39, 0.29) is 12.6 Å². The molecule has 1 aromatic rings. The van der Waals surface area contributed by atoms with Crippen LogP contribution >= 0.6 is 0 Å². The normalized spacial score (nSPS) is 26.3. The number of hydrogen-bond donors (Lipinski definition) is 1. The van der Waals surface area contributed by atoms with Crippen LogP contribution < -0.4 is 0 Å². The van der Waals surface area contributed by atoms with Gasteiger partial charge in [0, 0.05) is 26.1 Å². The number of H-pyrrole nitrogens is 1. The van der Waals surface area contributed by atoms with Crippen LogP contribution in [-0.4, -0.2) is 75.9 Å². The van der Waals surface area contributed by atoms with E-state index in [9.17, 15) is 18.0 Å². The van der Waals surface area contributed by atoms with Crippen LogP contribution in [0.25, 0.3) is 0 Å². The fraction of sp³-hybridized carbons (Fsp3) is 0.786. The number of halogens is 3. The predicted molar refractivity (Wildman–Crippen MR) is 77.1 cm³/mol. The second-order valence-corrected chi connectivity index (χ2v) is 6.03. The van der Waals surface area contributed by atoms with E-state index in [4.69, 9.17) is 4.74 Å². The summed E-state index contributed by atoms with van der Waals surface area (Å²) in [4.78, 5) is 19.4. The van der Waals surface area contributed by atoms with Gasteiger partial charge in [0.05, 0.1) is 12.6 Å². The molecule has 0 radical (unpaired) electrons. The first kappa shape index (κ1) is 17.2. The van der Waals surface area contributed by atoms with Gasteiger partial charge in [-0.05, 0) is 6.42 Å². The number of aromatic nitrogens is 3. The van der Waals surface area contributed by atoms with Crippen molar-refractivity contribution in [2.45, 2.75) is 38.1 Å². The molecule has 2 fully saturated rings. The number of aryl methyl sites for hydroxylation is 1. The first-order valence-electron chi connectivity index (χ1n) is 7.99. The highest BCUT2D eigenvalue weighted by Gasteiger charge is 2.42. The number of carbonyl (C=O) groups is 1. The summed E-state index contributed by atoms with van der Waals surface area (Å²) in [6.07, 6.45) is -3.62. The zero-order valence-corrected chi connectivity index (χ0v) is 13.3. The Hall–Kier alpha value is -1.68. The summed E-state index contributed by atoms with van der Waals surface area (Å²) in [6, 6.07) is -0.525. The molecule has 10 heteroatoms. The molecule has 2 saturated heterocycles. The maximum Gasteiger partial charge on any atom is 0.406 e. The molecule has 0 aliphatic carbocycles. The molecule has 7 nitrogen and oxygen atoms in total. The Kier molecular flexibility index (Phi) is 4.77. The number of alkyl halides is 3. The smallest absolute Gasteiger partial charge is 0.367 e. The van der Waals surface area contributed by atoms with Crippen LogP contribution in [0.1, 0.15) is 31.1 Å². The van der Waals surface area contributed by atoms with Crippen molar-refractivity contribution < 1.29 is 22.7 Å². The van der Waals surface area contributed by atoms with Crippen molar-refractivity contribution in [1.82, 2.24) is 25.0 Å². The Morgan fingerprint density at radius 2 is 2.17 bits per heavy atom. The fourth-order valence-electron chi connectivity index (χ4n) is 3.16. The number of amides is 1. The zero-order chi connectivity index (χ0) is 17.3. The maximum absolute atomic E-state index is 12.5. The molecular weight excluding hydrogens is 327 g/mol. The van der Waals surface area contributed by atoms with Crippen LogP contribution in [0.4, 0.5) is 13.2 Å². The van der Waals surface area contributed by atoms with E-state index in [1.54, 1.807) is 0 Å². The molecule has 2 unspecified atom stereocenters. The first-order valence-corrected chi connectivity index (χ1v) is 7.99. The van der Waals surface area contributed by atoms with E-state index in [0.717, 1.165) is 17.1 Å². The third kappa shape index (κ3) is 3.69. The minimum Gasteiger partial charge on any atom is -0.367 e. The van der Waals surface area contributed by atoms with Crippen molar-refractivity contribution in [3.05, 3.63) is 11.6 Å². The minimum absolute atomic E-state index is 0.131. The van der Waals surface area contributed by atoms with Gasteiger partial charge in [-0.2, -0.15) is 18.3 Å². The molecule has 0 bridgehead atoms. The molecule has 2 atom stereocenters. The highest BCUT2D eigenvalue weighted by Crippen LogP contribution is 2.27. The number of carbonyl (C=O) groups excluding carboxylic acids is 1. The quantitative estimate of drug-likeness (QED) is 0.876. The van der Waals surface area contributed by atoms with E-state index < -0.39 is 24.7 Å². The summed E-state index contributed by atoms with van der Waals surface area (Å²) in [5.41, 5.74) is 0. The molecule has 24 heavy (non-hydrogen) atoms. The van der Waals surface area contributed by atoms with Crippen LogP contribution in [0, 0.1) is 0 Å². The van der Waals surface area contributed by atoms with Gasteiger partial charge in [0.15, 0.2) is 5.82 Å². The SMILES string of the molecule is CCc1nc(C2CN(C3CCN(CC(F)(F)F)C3=O)CCO2)n[nH]1. The average Bonchev–Trinajstić information content (AvgIpc) is 3.14. The molecule has 134 valence electrons. The number of aromatic amines is 1. The Morgan fingerprint density at radius 3 is 2.83 bits per heavy atom. The van der Waals surface area contributed by atoms with Gasteiger partial charge in [0.2, 0.25) is 5.91 Å². The van der Waals surface area contributed by atoms with E-state index in [0.29, 0.717) is 31.9 Å². The minimum atomic E-state index is -4.37. The molecule has 2 aliphatic rings. The van der Waals surface area contributed by atoms with Gasteiger partial charge < -0.3 is 9.64 Å². The standard InChI is InChI=1S/C14H20F3N5O2/c1-2-11-18-12(20-19-11)10-7-21(5-6-24-10)9-3-4-22(13(9)23)8-14(15,16)17/h9-10H,2-8H2,1H3,(H,18,19,20). The Labute approximate surface area is 137 Å². The maximum atomic E-state index is 12.5. The lowest BCUT2D eigenvalue weighted by molar-refractivity contribution is -0.160. The van der Waals surface area contributed by atoms with E-state index >= 15 is 0 Å². The van der Waals surface area contributed by atoms with Crippen LogP contribution in [0.15, 0.2) is 0 Å². The number of nitrogens with zero attached hydrogens (tertiary/aromatic N) is 4.